The first-order valence-electron chi connectivity index (χ1n) is 5.01. The van der Waals surface area contributed by atoms with Gasteiger partial charge in [-0.2, -0.15) is 0 Å². The lowest BCUT2D eigenvalue weighted by molar-refractivity contribution is -0.124. The molecule has 0 spiro atoms. The van der Waals surface area contributed by atoms with Gasteiger partial charge in [-0.05, 0) is 6.92 Å². The molecule has 100 valence electrons. The average molecular weight is 300 g/mol. The fraction of sp³-hybridized carbons (Fsp3) is 0.600. The summed E-state index contributed by atoms with van der Waals surface area (Å²) in [5.41, 5.74) is 8.45. The minimum Gasteiger partial charge on any atom is -0.355 e. The molecule has 7 heteroatoms. The number of aromatic nitrogens is 1. The summed E-state index contributed by atoms with van der Waals surface area (Å²) >= 11 is 1.57. The van der Waals surface area contributed by atoms with Crippen molar-refractivity contribution in [2.24, 2.45) is 11.7 Å². The van der Waals surface area contributed by atoms with Gasteiger partial charge in [0.25, 0.3) is 0 Å². The topological polar surface area (TPSA) is 68.0 Å². The predicted molar refractivity (Wildman–Crippen MR) is 76.1 cm³/mol. The number of nitrogens with one attached hydrogen (secondary N) is 1. The third kappa shape index (κ3) is 6.83. The maximum atomic E-state index is 11.5. The van der Waals surface area contributed by atoms with Crippen molar-refractivity contribution in [2.75, 3.05) is 6.54 Å². The number of thiazole rings is 1. The van der Waals surface area contributed by atoms with Crippen LogP contribution in [0.2, 0.25) is 0 Å². The summed E-state index contributed by atoms with van der Waals surface area (Å²) in [6, 6.07) is -0.107. The van der Waals surface area contributed by atoms with Crippen LogP contribution in [0.3, 0.4) is 0 Å². The molecule has 2 atom stereocenters. The van der Waals surface area contributed by atoms with E-state index < -0.39 is 0 Å². The average Bonchev–Trinajstić information content (AvgIpc) is 2.69. The van der Waals surface area contributed by atoms with Crippen LogP contribution < -0.4 is 11.1 Å². The van der Waals surface area contributed by atoms with E-state index in [0.717, 1.165) is 12.1 Å². The first kappa shape index (κ1) is 19.0. The second kappa shape index (κ2) is 9.65. The molecule has 0 bridgehead atoms. The monoisotopic (exact) mass is 299 g/mol. The molecular formula is C10H19Cl2N3OS. The standard InChI is InChI=1S/C10H17N3OS.2ClH/c1-7(8(2)11)10(14)12-4-3-9-5-15-6-13-9;;/h5-8H,3-4,11H2,1-2H3,(H,12,14);2*1H. The summed E-state index contributed by atoms with van der Waals surface area (Å²) in [7, 11) is 0. The van der Waals surface area contributed by atoms with Crippen molar-refractivity contribution in [3.05, 3.63) is 16.6 Å². The van der Waals surface area contributed by atoms with E-state index in [1.807, 2.05) is 19.2 Å². The van der Waals surface area contributed by atoms with Crippen LogP contribution >= 0.6 is 36.2 Å². The number of carbonyl (C=O) groups is 1. The number of nitrogens with two attached hydrogens (primary N) is 1. The van der Waals surface area contributed by atoms with Crippen LogP contribution in [0.15, 0.2) is 10.9 Å². The Bertz CT molecular complexity index is 307. The van der Waals surface area contributed by atoms with Crippen molar-refractivity contribution in [3.63, 3.8) is 0 Å². The molecular weight excluding hydrogens is 281 g/mol. The number of carbonyl (C=O) groups excluding carboxylic acids is 1. The zero-order chi connectivity index (χ0) is 11.3. The van der Waals surface area contributed by atoms with Crippen LogP contribution in [-0.4, -0.2) is 23.5 Å². The van der Waals surface area contributed by atoms with Crippen molar-refractivity contribution in [3.8, 4) is 0 Å². The number of nitrogens with zero attached hydrogens (tertiary/aromatic N) is 1. The lowest BCUT2D eigenvalue weighted by Gasteiger charge is -2.14. The highest BCUT2D eigenvalue weighted by Gasteiger charge is 2.15. The third-order valence-corrected chi connectivity index (χ3v) is 3.00. The van der Waals surface area contributed by atoms with Crippen LogP contribution in [0, 0.1) is 5.92 Å². The van der Waals surface area contributed by atoms with Gasteiger partial charge in [-0.25, -0.2) is 4.98 Å². The van der Waals surface area contributed by atoms with Crippen LogP contribution in [0.4, 0.5) is 0 Å². The second-order valence-electron chi connectivity index (χ2n) is 3.67. The molecule has 2 unspecified atom stereocenters. The Morgan fingerprint density at radius 3 is 2.65 bits per heavy atom. The fourth-order valence-corrected chi connectivity index (χ4v) is 1.67. The molecule has 0 fully saturated rings. The largest absolute Gasteiger partial charge is 0.355 e. The highest BCUT2D eigenvalue weighted by molar-refractivity contribution is 7.07. The van der Waals surface area contributed by atoms with Gasteiger partial charge >= 0.3 is 0 Å². The lowest BCUT2D eigenvalue weighted by atomic mass is 10.0. The summed E-state index contributed by atoms with van der Waals surface area (Å²) < 4.78 is 0. The van der Waals surface area contributed by atoms with Gasteiger partial charge in [0.05, 0.1) is 11.2 Å². The molecule has 0 aliphatic heterocycles. The van der Waals surface area contributed by atoms with Gasteiger partial charge in [-0.3, -0.25) is 4.79 Å². The van der Waals surface area contributed by atoms with Gasteiger partial charge in [0.15, 0.2) is 0 Å². The van der Waals surface area contributed by atoms with Gasteiger partial charge in [0.2, 0.25) is 5.91 Å². The number of rotatable bonds is 5. The van der Waals surface area contributed by atoms with Crippen molar-refractivity contribution in [1.82, 2.24) is 10.3 Å². The molecule has 1 aromatic rings. The van der Waals surface area contributed by atoms with E-state index in [2.05, 4.69) is 10.3 Å². The van der Waals surface area contributed by atoms with Crippen LogP contribution in [0.5, 0.6) is 0 Å². The van der Waals surface area contributed by atoms with Crippen molar-refractivity contribution in [1.29, 1.82) is 0 Å². The molecule has 0 saturated heterocycles. The van der Waals surface area contributed by atoms with Gasteiger partial charge in [-0.1, -0.05) is 6.92 Å². The molecule has 4 nitrogen and oxygen atoms in total. The Hall–Kier alpha value is -0.360. The molecule has 0 radical (unpaired) electrons. The summed E-state index contributed by atoms with van der Waals surface area (Å²) in [6.45, 7) is 4.30. The lowest BCUT2D eigenvalue weighted by Crippen LogP contribution is -2.39. The normalized spacial score (nSPS) is 12.9. The first-order valence-corrected chi connectivity index (χ1v) is 5.96. The predicted octanol–water partition coefficient (Wildman–Crippen LogP) is 1.63. The molecule has 0 aromatic carbocycles. The molecule has 1 rings (SSSR count). The Labute approximate surface area is 118 Å². The minimum absolute atomic E-state index is 0. The van der Waals surface area contributed by atoms with Gasteiger partial charge < -0.3 is 11.1 Å². The maximum absolute atomic E-state index is 11.5. The Balaban J connectivity index is 0. The quantitative estimate of drug-likeness (QED) is 0.868. The van der Waals surface area contributed by atoms with Crippen LogP contribution in [-0.2, 0) is 11.2 Å². The maximum Gasteiger partial charge on any atom is 0.224 e. The summed E-state index contributed by atoms with van der Waals surface area (Å²) in [6.07, 6.45) is 0.779. The Kier molecular flexibility index (Phi) is 10.8. The van der Waals surface area contributed by atoms with Crippen molar-refractivity contribution in [2.45, 2.75) is 26.3 Å². The van der Waals surface area contributed by atoms with E-state index in [1.165, 1.54) is 0 Å². The second-order valence-corrected chi connectivity index (χ2v) is 4.39. The van der Waals surface area contributed by atoms with E-state index in [1.54, 1.807) is 16.8 Å². The fourth-order valence-electron chi connectivity index (χ4n) is 1.07. The molecule has 0 aliphatic carbocycles. The number of hydrogen-bond donors (Lipinski definition) is 2. The first-order chi connectivity index (χ1) is 7.11. The summed E-state index contributed by atoms with van der Waals surface area (Å²) in [5, 5.41) is 4.83. The van der Waals surface area contributed by atoms with Gasteiger partial charge in [-0.15, -0.1) is 36.2 Å². The summed E-state index contributed by atoms with van der Waals surface area (Å²) in [4.78, 5) is 15.6. The van der Waals surface area contributed by atoms with E-state index >= 15 is 0 Å². The molecule has 1 amide bonds. The van der Waals surface area contributed by atoms with Crippen LogP contribution in [0.25, 0.3) is 0 Å². The Morgan fingerprint density at radius 2 is 2.18 bits per heavy atom. The van der Waals surface area contributed by atoms with Crippen molar-refractivity contribution < 1.29 is 4.79 Å². The molecule has 1 heterocycles. The molecule has 0 aliphatic rings. The highest BCUT2D eigenvalue weighted by atomic mass is 35.5. The minimum atomic E-state index is -0.138. The number of amides is 1. The molecule has 0 saturated carbocycles. The van der Waals surface area contributed by atoms with Gasteiger partial charge in [0.1, 0.15) is 0 Å². The van der Waals surface area contributed by atoms with Gasteiger partial charge in [0, 0.05) is 30.3 Å². The molecule has 3 N–H and O–H groups in total. The smallest absolute Gasteiger partial charge is 0.224 e. The summed E-state index contributed by atoms with van der Waals surface area (Å²) in [5.74, 6) is -0.124. The van der Waals surface area contributed by atoms with Crippen LogP contribution in [0.1, 0.15) is 19.5 Å². The van der Waals surface area contributed by atoms with E-state index in [0.29, 0.717) is 6.54 Å². The van der Waals surface area contributed by atoms with Crippen molar-refractivity contribution >= 4 is 42.1 Å². The number of hydrogen-bond acceptors (Lipinski definition) is 4. The van der Waals surface area contributed by atoms with E-state index in [4.69, 9.17) is 5.73 Å². The molecule has 1 aromatic heterocycles. The third-order valence-electron chi connectivity index (χ3n) is 2.37. The highest BCUT2D eigenvalue weighted by Crippen LogP contribution is 2.02. The van der Waals surface area contributed by atoms with E-state index in [9.17, 15) is 4.79 Å². The van der Waals surface area contributed by atoms with E-state index in [-0.39, 0.29) is 42.7 Å². The zero-order valence-electron chi connectivity index (χ0n) is 9.88. The number of halogens is 2. The SMILES string of the molecule is CC(N)C(C)C(=O)NCCc1cscn1.Cl.Cl. The zero-order valence-corrected chi connectivity index (χ0v) is 12.3. The molecule has 17 heavy (non-hydrogen) atoms. The Morgan fingerprint density at radius 1 is 1.53 bits per heavy atom.